The van der Waals surface area contributed by atoms with Gasteiger partial charge >= 0.3 is 0 Å². The van der Waals surface area contributed by atoms with Crippen LogP contribution < -0.4 is 4.74 Å². The number of hydrogen-bond donors (Lipinski definition) is 0. The molecular weight excluding hydrogens is 250 g/mol. The van der Waals surface area contributed by atoms with Crippen molar-refractivity contribution in [3.05, 3.63) is 34.7 Å². The second-order valence-corrected chi connectivity index (χ2v) is 4.56. The minimum atomic E-state index is 0.365. The summed E-state index contributed by atoms with van der Waals surface area (Å²) in [6, 6.07) is 4.02. The molecule has 0 radical (unpaired) electrons. The molecule has 1 aromatic carbocycles. The first-order valence-corrected chi connectivity index (χ1v) is 6.28. The van der Waals surface area contributed by atoms with Crippen LogP contribution in [0.2, 0.25) is 0 Å². The Morgan fingerprint density at radius 2 is 1.94 bits per heavy atom. The Kier molecular flexibility index (Phi) is 3.62. The van der Waals surface area contributed by atoms with Gasteiger partial charge in [-0.1, -0.05) is 0 Å². The Hall–Kier alpha value is -1.48. The zero-order valence-corrected chi connectivity index (χ0v) is 11.8. The molecule has 0 aliphatic heterocycles. The Bertz CT molecular complexity index is 575. The summed E-state index contributed by atoms with van der Waals surface area (Å²) in [6.07, 6.45) is 0. The molecule has 3 nitrogen and oxygen atoms in total. The van der Waals surface area contributed by atoms with Gasteiger partial charge in [0, 0.05) is 5.56 Å². The maximum Gasteiger partial charge on any atom is 0.226 e. The predicted molar refractivity (Wildman–Crippen MR) is 72.3 cm³/mol. The minimum Gasteiger partial charge on any atom is -0.496 e. The number of aryl methyl sites for hydroxylation is 3. The third kappa shape index (κ3) is 2.23. The van der Waals surface area contributed by atoms with Crippen molar-refractivity contribution in [1.29, 1.82) is 0 Å². The van der Waals surface area contributed by atoms with Gasteiger partial charge in [0.1, 0.15) is 11.5 Å². The van der Waals surface area contributed by atoms with E-state index < -0.39 is 0 Å². The van der Waals surface area contributed by atoms with E-state index in [0.717, 1.165) is 33.9 Å². The second kappa shape index (κ2) is 5.02. The molecule has 0 unspecified atom stereocenters. The normalized spacial score (nSPS) is 10.7. The summed E-state index contributed by atoms with van der Waals surface area (Å²) >= 11 is 5.81. The molecule has 0 N–H and O–H groups in total. The lowest BCUT2D eigenvalue weighted by atomic mass is 10.0. The van der Waals surface area contributed by atoms with Crippen LogP contribution in [0, 0.1) is 20.8 Å². The summed E-state index contributed by atoms with van der Waals surface area (Å²) in [5, 5.41) is 0. The largest absolute Gasteiger partial charge is 0.496 e. The van der Waals surface area contributed by atoms with Crippen molar-refractivity contribution < 1.29 is 9.15 Å². The zero-order chi connectivity index (χ0) is 13.3. The Balaban J connectivity index is 2.53. The maximum atomic E-state index is 5.81. The molecule has 18 heavy (non-hydrogen) atoms. The fourth-order valence-corrected chi connectivity index (χ4v) is 2.16. The number of nitrogens with zero attached hydrogens (tertiary/aromatic N) is 1. The minimum absolute atomic E-state index is 0.365. The topological polar surface area (TPSA) is 35.3 Å². The van der Waals surface area contributed by atoms with Gasteiger partial charge in [0.05, 0.1) is 18.7 Å². The second-order valence-electron chi connectivity index (χ2n) is 4.29. The van der Waals surface area contributed by atoms with E-state index in [1.807, 2.05) is 32.9 Å². The lowest BCUT2D eigenvalue weighted by Gasteiger charge is -2.08. The molecule has 0 amide bonds. The molecule has 1 heterocycles. The van der Waals surface area contributed by atoms with Crippen molar-refractivity contribution in [3.8, 4) is 17.2 Å². The Morgan fingerprint density at radius 1 is 1.22 bits per heavy atom. The number of halogens is 1. The molecule has 0 aliphatic carbocycles. The highest BCUT2D eigenvalue weighted by atomic mass is 35.5. The molecular formula is C14H16ClNO2. The van der Waals surface area contributed by atoms with E-state index in [1.54, 1.807) is 7.11 Å². The van der Waals surface area contributed by atoms with Crippen molar-refractivity contribution in [2.45, 2.75) is 26.7 Å². The standard InChI is InChI=1S/C14H16ClNO2/c1-8-6-13(17-4)9(2)5-11(8)14-16-12(7-15)10(3)18-14/h5-6H,7H2,1-4H3. The van der Waals surface area contributed by atoms with E-state index in [0.29, 0.717) is 11.8 Å². The number of ether oxygens (including phenoxy) is 1. The van der Waals surface area contributed by atoms with Crippen LogP contribution in [0.4, 0.5) is 0 Å². The average molecular weight is 266 g/mol. The highest BCUT2D eigenvalue weighted by Gasteiger charge is 2.14. The zero-order valence-electron chi connectivity index (χ0n) is 11.0. The number of oxazole rings is 1. The molecule has 0 saturated heterocycles. The monoisotopic (exact) mass is 265 g/mol. The fourth-order valence-electron chi connectivity index (χ4n) is 1.91. The molecule has 0 aliphatic rings. The summed E-state index contributed by atoms with van der Waals surface area (Å²) in [5.41, 5.74) is 3.90. The van der Waals surface area contributed by atoms with Gasteiger partial charge in [-0.3, -0.25) is 0 Å². The molecule has 0 atom stereocenters. The van der Waals surface area contributed by atoms with Crippen LogP contribution in [0.25, 0.3) is 11.5 Å². The lowest BCUT2D eigenvalue weighted by Crippen LogP contribution is -1.91. The number of rotatable bonds is 3. The number of benzene rings is 1. The highest BCUT2D eigenvalue weighted by molar-refractivity contribution is 6.17. The van der Waals surface area contributed by atoms with Crippen LogP contribution in [-0.2, 0) is 5.88 Å². The molecule has 0 fully saturated rings. The number of methoxy groups -OCH3 is 1. The van der Waals surface area contributed by atoms with Crippen LogP contribution in [0.5, 0.6) is 5.75 Å². The fraction of sp³-hybridized carbons (Fsp3) is 0.357. The Labute approximate surface area is 112 Å². The SMILES string of the molecule is COc1cc(C)c(-c2nc(CCl)c(C)o2)cc1C. The van der Waals surface area contributed by atoms with Crippen LogP contribution in [0.15, 0.2) is 16.5 Å². The van der Waals surface area contributed by atoms with Gasteiger partial charge in [-0.2, -0.15) is 0 Å². The molecule has 0 spiro atoms. The van der Waals surface area contributed by atoms with Crippen LogP contribution >= 0.6 is 11.6 Å². The van der Waals surface area contributed by atoms with Gasteiger partial charge in [0.15, 0.2) is 0 Å². The van der Waals surface area contributed by atoms with Crippen molar-refractivity contribution in [1.82, 2.24) is 4.98 Å². The smallest absolute Gasteiger partial charge is 0.226 e. The molecule has 2 rings (SSSR count). The Morgan fingerprint density at radius 3 is 2.50 bits per heavy atom. The number of alkyl halides is 1. The average Bonchev–Trinajstić information content (AvgIpc) is 2.72. The first-order chi connectivity index (χ1) is 8.56. The molecule has 2 aromatic rings. The van der Waals surface area contributed by atoms with Crippen molar-refractivity contribution in [2.75, 3.05) is 7.11 Å². The predicted octanol–water partition coefficient (Wildman–Crippen LogP) is 4.01. The van der Waals surface area contributed by atoms with Gasteiger partial charge in [0.2, 0.25) is 5.89 Å². The van der Waals surface area contributed by atoms with E-state index >= 15 is 0 Å². The first kappa shape index (κ1) is 13.0. The van der Waals surface area contributed by atoms with Gasteiger partial charge < -0.3 is 9.15 Å². The van der Waals surface area contributed by atoms with Gasteiger partial charge in [-0.05, 0) is 44.0 Å². The van der Waals surface area contributed by atoms with Gasteiger partial charge in [-0.25, -0.2) is 4.98 Å². The highest BCUT2D eigenvalue weighted by Crippen LogP contribution is 2.30. The maximum absolute atomic E-state index is 5.81. The van der Waals surface area contributed by atoms with E-state index in [2.05, 4.69) is 4.98 Å². The van der Waals surface area contributed by atoms with Crippen LogP contribution in [0.1, 0.15) is 22.6 Å². The summed E-state index contributed by atoms with van der Waals surface area (Å²) in [4.78, 5) is 4.42. The van der Waals surface area contributed by atoms with E-state index in [4.69, 9.17) is 20.8 Å². The van der Waals surface area contributed by atoms with Gasteiger partial charge in [0.25, 0.3) is 0 Å². The third-order valence-electron chi connectivity index (χ3n) is 2.99. The molecule has 0 saturated carbocycles. The van der Waals surface area contributed by atoms with Crippen molar-refractivity contribution in [3.63, 3.8) is 0 Å². The van der Waals surface area contributed by atoms with Crippen LogP contribution in [0.3, 0.4) is 0 Å². The summed E-state index contributed by atoms with van der Waals surface area (Å²) in [7, 11) is 1.67. The van der Waals surface area contributed by atoms with Crippen molar-refractivity contribution in [2.24, 2.45) is 0 Å². The van der Waals surface area contributed by atoms with E-state index in [9.17, 15) is 0 Å². The third-order valence-corrected chi connectivity index (χ3v) is 3.24. The van der Waals surface area contributed by atoms with E-state index in [1.165, 1.54) is 0 Å². The number of aromatic nitrogens is 1. The first-order valence-electron chi connectivity index (χ1n) is 5.74. The van der Waals surface area contributed by atoms with Crippen molar-refractivity contribution >= 4 is 11.6 Å². The summed E-state index contributed by atoms with van der Waals surface area (Å²) in [5.74, 6) is 2.63. The molecule has 4 heteroatoms. The number of hydrogen-bond acceptors (Lipinski definition) is 3. The van der Waals surface area contributed by atoms with Crippen LogP contribution in [-0.4, -0.2) is 12.1 Å². The lowest BCUT2D eigenvalue weighted by molar-refractivity contribution is 0.411. The molecule has 96 valence electrons. The summed E-state index contributed by atoms with van der Waals surface area (Å²) in [6.45, 7) is 5.89. The van der Waals surface area contributed by atoms with E-state index in [-0.39, 0.29) is 0 Å². The molecule has 1 aromatic heterocycles. The quantitative estimate of drug-likeness (QED) is 0.787. The molecule has 0 bridgehead atoms. The van der Waals surface area contributed by atoms with Gasteiger partial charge in [-0.15, -0.1) is 11.6 Å². The summed E-state index contributed by atoms with van der Waals surface area (Å²) < 4.78 is 11.0.